The average Bonchev–Trinajstić information content (AvgIpc) is 3.27. The maximum Gasteiger partial charge on any atom is 0.306 e. The van der Waals surface area contributed by atoms with Crippen LogP contribution in [0, 0.1) is 23.2 Å². The molecule has 0 radical (unpaired) electrons. The topological polar surface area (TPSA) is 92.8 Å². The Kier molecular flexibility index (Phi) is 5.78. The van der Waals surface area contributed by atoms with E-state index in [9.17, 15) is 18.0 Å². The fourth-order valence-corrected chi connectivity index (χ4v) is 8.51. The molecule has 0 spiro atoms. The molecule has 1 N–H and O–H groups in total. The lowest BCUT2D eigenvalue weighted by molar-refractivity contribution is -0.154. The molecule has 0 atom stereocenters. The molecule has 4 bridgehead atoms. The van der Waals surface area contributed by atoms with Crippen LogP contribution in [0.1, 0.15) is 57.8 Å². The number of ether oxygens (including phenoxy) is 1. The second kappa shape index (κ2) is 8.45. The third kappa shape index (κ3) is 4.44. The number of nitrogens with one attached hydrogen (secondary N) is 1. The van der Waals surface area contributed by atoms with Crippen molar-refractivity contribution in [2.75, 3.05) is 25.0 Å². The third-order valence-corrected chi connectivity index (χ3v) is 9.80. The largest absolute Gasteiger partial charge is 0.456 e. The fraction of sp³-hybridized carbons (Fsp3) is 0.667. The van der Waals surface area contributed by atoms with Crippen molar-refractivity contribution in [3.05, 3.63) is 24.3 Å². The number of hydrogen-bond acceptors (Lipinski definition) is 5. The van der Waals surface area contributed by atoms with Gasteiger partial charge in [0.2, 0.25) is 10.0 Å². The van der Waals surface area contributed by atoms with Gasteiger partial charge in [0.1, 0.15) is 0 Å². The van der Waals surface area contributed by atoms with Gasteiger partial charge in [-0.3, -0.25) is 9.59 Å². The molecular weight excluding hydrogens is 428 g/mol. The number of nitrogens with zero attached hydrogens (tertiary/aromatic N) is 1. The van der Waals surface area contributed by atoms with Crippen LogP contribution in [0.2, 0.25) is 0 Å². The Morgan fingerprint density at radius 1 is 0.969 bits per heavy atom. The van der Waals surface area contributed by atoms with Crippen LogP contribution in [0.5, 0.6) is 0 Å². The van der Waals surface area contributed by atoms with Gasteiger partial charge in [-0.05, 0) is 98.8 Å². The van der Waals surface area contributed by atoms with Crippen LogP contribution in [0.4, 0.5) is 5.69 Å². The SMILES string of the molecule is O=C(COC(=O)CC12CC3CC(CC(C3)C1)C2)Nc1ccc(S(=O)(=O)N2CCCC2)cc1. The lowest BCUT2D eigenvalue weighted by Crippen LogP contribution is -2.47. The number of carbonyl (C=O) groups excluding carboxylic acids is 2. The van der Waals surface area contributed by atoms with Gasteiger partial charge < -0.3 is 10.1 Å². The third-order valence-electron chi connectivity index (χ3n) is 7.89. The minimum Gasteiger partial charge on any atom is -0.456 e. The smallest absolute Gasteiger partial charge is 0.306 e. The fourth-order valence-electron chi connectivity index (χ4n) is 6.99. The minimum atomic E-state index is -3.48. The number of anilines is 1. The highest BCUT2D eigenvalue weighted by molar-refractivity contribution is 7.89. The summed E-state index contributed by atoms with van der Waals surface area (Å²) in [5, 5.41) is 2.68. The zero-order chi connectivity index (χ0) is 22.3. The first-order valence-electron chi connectivity index (χ1n) is 11.9. The molecule has 4 saturated carbocycles. The number of sulfonamides is 1. The van der Waals surface area contributed by atoms with Gasteiger partial charge in [-0.25, -0.2) is 8.42 Å². The summed E-state index contributed by atoms with van der Waals surface area (Å²) in [5.74, 6) is 1.62. The Morgan fingerprint density at radius 3 is 2.09 bits per heavy atom. The average molecular weight is 461 g/mol. The van der Waals surface area contributed by atoms with Gasteiger partial charge in [0, 0.05) is 18.8 Å². The molecule has 1 aliphatic heterocycles. The second-order valence-corrected chi connectivity index (χ2v) is 12.4. The number of amides is 1. The van der Waals surface area contributed by atoms with Crippen molar-refractivity contribution in [2.24, 2.45) is 23.2 Å². The molecule has 1 amide bonds. The monoisotopic (exact) mass is 460 g/mol. The van der Waals surface area contributed by atoms with Gasteiger partial charge >= 0.3 is 5.97 Å². The van der Waals surface area contributed by atoms with Crippen LogP contribution in [0.25, 0.3) is 0 Å². The molecule has 1 saturated heterocycles. The molecule has 6 rings (SSSR count). The van der Waals surface area contributed by atoms with Crippen molar-refractivity contribution in [3.63, 3.8) is 0 Å². The highest BCUT2D eigenvalue weighted by Gasteiger charge is 2.51. The number of benzene rings is 1. The van der Waals surface area contributed by atoms with Crippen LogP contribution in [0.15, 0.2) is 29.2 Å². The maximum absolute atomic E-state index is 12.6. The lowest BCUT2D eigenvalue weighted by atomic mass is 9.49. The Bertz CT molecular complexity index is 947. The summed E-state index contributed by atoms with van der Waals surface area (Å²) in [4.78, 5) is 25.0. The molecule has 1 heterocycles. The van der Waals surface area contributed by atoms with Gasteiger partial charge in [-0.2, -0.15) is 4.31 Å². The van der Waals surface area contributed by atoms with Crippen LogP contribution < -0.4 is 5.32 Å². The first-order valence-corrected chi connectivity index (χ1v) is 13.3. The highest BCUT2D eigenvalue weighted by atomic mass is 32.2. The van der Waals surface area contributed by atoms with Gasteiger partial charge in [-0.15, -0.1) is 0 Å². The van der Waals surface area contributed by atoms with Crippen LogP contribution in [-0.4, -0.2) is 44.3 Å². The number of rotatable bonds is 7. The first kappa shape index (κ1) is 21.9. The summed E-state index contributed by atoms with van der Waals surface area (Å²) in [5.41, 5.74) is 0.575. The molecule has 5 aliphatic rings. The molecule has 5 fully saturated rings. The van der Waals surface area contributed by atoms with E-state index in [2.05, 4.69) is 5.32 Å². The summed E-state index contributed by atoms with van der Waals surface area (Å²) in [6, 6.07) is 6.14. The van der Waals surface area contributed by atoms with Crippen molar-refractivity contribution in [3.8, 4) is 0 Å². The highest BCUT2D eigenvalue weighted by Crippen LogP contribution is 2.61. The van der Waals surface area contributed by atoms with E-state index in [0.29, 0.717) is 25.2 Å². The van der Waals surface area contributed by atoms with Gasteiger partial charge in [0.15, 0.2) is 6.61 Å². The van der Waals surface area contributed by atoms with Crippen LogP contribution in [0.3, 0.4) is 0 Å². The lowest BCUT2D eigenvalue weighted by Gasteiger charge is -2.56. The molecule has 174 valence electrons. The molecule has 4 aliphatic carbocycles. The molecule has 32 heavy (non-hydrogen) atoms. The van der Waals surface area contributed by atoms with E-state index in [4.69, 9.17) is 4.74 Å². The molecular formula is C24H32N2O5S. The minimum absolute atomic E-state index is 0.0962. The summed E-state index contributed by atoms with van der Waals surface area (Å²) in [7, 11) is -3.48. The van der Waals surface area contributed by atoms with Gasteiger partial charge in [-0.1, -0.05) is 0 Å². The predicted octanol–water partition coefficient (Wildman–Crippen LogP) is 3.56. The normalized spacial score (nSPS) is 31.6. The van der Waals surface area contributed by atoms with Gasteiger partial charge in [0.05, 0.1) is 11.3 Å². The summed E-state index contributed by atoms with van der Waals surface area (Å²) >= 11 is 0. The Hall–Kier alpha value is -1.93. The molecule has 1 aromatic carbocycles. The van der Waals surface area contributed by atoms with Crippen molar-refractivity contribution >= 4 is 27.6 Å². The molecule has 7 nitrogen and oxygen atoms in total. The van der Waals surface area contributed by atoms with E-state index in [-0.39, 0.29) is 22.9 Å². The van der Waals surface area contributed by atoms with Gasteiger partial charge in [0.25, 0.3) is 5.91 Å². The van der Waals surface area contributed by atoms with E-state index in [1.165, 1.54) is 35.7 Å². The molecule has 1 aromatic rings. The Labute approximate surface area is 189 Å². The summed E-state index contributed by atoms with van der Waals surface area (Å²) in [6.45, 7) is 0.782. The Morgan fingerprint density at radius 2 is 1.53 bits per heavy atom. The molecule has 0 aromatic heterocycles. The molecule has 8 heteroatoms. The Balaban J connectivity index is 1.11. The first-order chi connectivity index (χ1) is 15.3. The zero-order valence-corrected chi connectivity index (χ0v) is 19.2. The van der Waals surface area contributed by atoms with Crippen molar-refractivity contribution in [2.45, 2.75) is 62.7 Å². The summed E-state index contributed by atoms with van der Waals surface area (Å²) < 4.78 is 32.0. The van der Waals surface area contributed by atoms with Crippen molar-refractivity contribution in [1.82, 2.24) is 4.31 Å². The predicted molar refractivity (Wildman–Crippen MR) is 119 cm³/mol. The summed E-state index contributed by atoms with van der Waals surface area (Å²) in [6.07, 6.45) is 9.57. The van der Waals surface area contributed by atoms with E-state index in [1.807, 2.05) is 0 Å². The van der Waals surface area contributed by atoms with Crippen LogP contribution in [-0.2, 0) is 24.3 Å². The standard InChI is InChI=1S/C24H32N2O5S/c27-22(25-20-3-5-21(6-4-20)32(29,30)26-7-1-2-8-26)16-31-23(28)15-24-12-17-9-18(13-24)11-19(10-17)14-24/h3-6,17-19H,1-2,7-16H2,(H,25,27). The zero-order valence-electron chi connectivity index (χ0n) is 18.4. The maximum atomic E-state index is 12.6. The number of carbonyl (C=O) groups is 2. The quantitative estimate of drug-likeness (QED) is 0.628. The van der Waals surface area contributed by atoms with Crippen molar-refractivity contribution < 1.29 is 22.7 Å². The van der Waals surface area contributed by atoms with Crippen molar-refractivity contribution in [1.29, 1.82) is 0 Å². The van der Waals surface area contributed by atoms with E-state index >= 15 is 0 Å². The van der Waals surface area contributed by atoms with Crippen LogP contribution >= 0.6 is 0 Å². The number of esters is 1. The second-order valence-electron chi connectivity index (χ2n) is 10.4. The van der Waals surface area contributed by atoms with E-state index < -0.39 is 15.9 Å². The number of hydrogen-bond donors (Lipinski definition) is 1. The molecule has 0 unspecified atom stereocenters. The van der Waals surface area contributed by atoms with E-state index in [0.717, 1.165) is 49.9 Å². The van der Waals surface area contributed by atoms with E-state index in [1.54, 1.807) is 12.1 Å².